The number of halogens is 2. The van der Waals surface area contributed by atoms with Gasteiger partial charge in [-0.1, -0.05) is 0 Å². The molecule has 2 rings (SSSR count). The summed E-state index contributed by atoms with van der Waals surface area (Å²) in [6.45, 7) is 1.66. The predicted molar refractivity (Wildman–Crippen MR) is 106 cm³/mol. The van der Waals surface area contributed by atoms with E-state index in [2.05, 4.69) is 0 Å². The molecule has 0 fully saturated rings. The van der Waals surface area contributed by atoms with Crippen molar-refractivity contribution in [1.29, 1.82) is 0 Å². The smallest absolute Gasteiger partial charge is 0.222 e. The third-order valence-electron chi connectivity index (χ3n) is 3.44. The molecule has 1 aliphatic carbocycles. The molecule has 1 heterocycles. The highest BCUT2D eigenvalue weighted by Gasteiger charge is 2.14. The van der Waals surface area contributed by atoms with Crippen molar-refractivity contribution >= 4 is 58.5 Å². The highest BCUT2D eigenvalue weighted by atomic mass is 35.5. The first kappa shape index (κ1) is 20.0. The van der Waals surface area contributed by atoms with Crippen LogP contribution in [0.4, 0.5) is 0 Å². The van der Waals surface area contributed by atoms with Gasteiger partial charge in [0.2, 0.25) is 11.6 Å². The molecule has 0 bridgehead atoms. The first-order valence-corrected chi connectivity index (χ1v) is 9.61. The topological polar surface area (TPSA) is 77.5 Å². The van der Waals surface area contributed by atoms with Gasteiger partial charge in [-0.2, -0.15) is 4.90 Å². The Kier molecular flexibility index (Phi) is 7.52. The molecule has 0 saturated heterocycles. The molecule has 6 nitrogen and oxygen atoms in total. The van der Waals surface area contributed by atoms with E-state index in [1.165, 1.54) is 23.5 Å². The molecule has 0 radical (unpaired) electrons. The highest BCUT2D eigenvalue weighted by molar-refractivity contribution is 7.73. The Bertz CT molecular complexity index is 768. The lowest BCUT2D eigenvalue weighted by atomic mass is 10.1. The zero-order chi connectivity index (χ0) is 18.4. The average molecular weight is 421 g/mol. The van der Waals surface area contributed by atoms with E-state index in [1.807, 2.05) is 4.90 Å². The van der Waals surface area contributed by atoms with Crippen LogP contribution in [-0.4, -0.2) is 50.0 Å². The van der Waals surface area contributed by atoms with Crippen molar-refractivity contribution in [3.8, 4) is 5.88 Å². The number of aromatic nitrogens is 1. The molecule has 0 amide bonds. The molecule has 0 saturated carbocycles. The van der Waals surface area contributed by atoms with Crippen molar-refractivity contribution in [3.63, 3.8) is 0 Å². The minimum absolute atomic E-state index is 0.0179. The fraction of sp³-hybridized carbons (Fsp3) is 0.333. The Labute approximate surface area is 164 Å². The van der Waals surface area contributed by atoms with Gasteiger partial charge in [0.05, 0.1) is 11.5 Å². The molecule has 0 spiro atoms. The van der Waals surface area contributed by atoms with Crippen molar-refractivity contribution in [2.24, 2.45) is 0 Å². The van der Waals surface area contributed by atoms with Crippen molar-refractivity contribution in [1.82, 2.24) is 9.47 Å². The molecule has 136 valence electrons. The van der Waals surface area contributed by atoms with Crippen LogP contribution in [0.5, 0.6) is 5.88 Å². The summed E-state index contributed by atoms with van der Waals surface area (Å²) >= 11 is 18.2. The fourth-order valence-electron chi connectivity index (χ4n) is 2.17. The van der Waals surface area contributed by atoms with Gasteiger partial charge in [0.1, 0.15) is 0 Å². The highest BCUT2D eigenvalue weighted by Crippen LogP contribution is 2.29. The molecular formula is C15H16Cl2N3O3S2-. The Hall–Kier alpha value is -1.32. The molecule has 0 aliphatic heterocycles. The molecule has 10 heteroatoms. The van der Waals surface area contributed by atoms with E-state index in [4.69, 9.17) is 35.4 Å². The van der Waals surface area contributed by atoms with E-state index in [-0.39, 0.29) is 11.6 Å². The minimum atomic E-state index is -0.454. The van der Waals surface area contributed by atoms with Gasteiger partial charge < -0.3 is 15.5 Å². The summed E-state index contributed by atoms with van der Waals surface area (Å²) in [6, 6.07) is 0. The van der Waals surface area contributed by atoms with Gasteiger partial charge in [-0.15, -0.1) is 34.5 Å². The fourth-order valence-corrected chi connectivity index (χ4v) is 3.90. The molecule has 1 N–H and O–H groups in total. The number of aromatic hydroxyl groups is 1. The van der Waals surface area contributed by atoms with Crippen LogP contribution in [0, 0.1) is 14.4 Å². The molecule has 0 unspecified atom stereocenters. The van der Waals surface area contributed by atoms with Crippen LogP contribution in [0.15, 0.2) is 29.9 Å². The Morgan fingerprint density at radius 3 is 2.32 bits per heavy atom. The Morgan fingerprint density at radius 1 is 1.20 bits per heavy atom. The predicted octanol–water partition coefficient (Wildman–Crippen LogP) is 3.68. The monoisotopic (exact) mass is 420 g/mol. The Morgan fingerprint density at radius 2 is 1.80 bits per heavy atom. The molecule has 1 aliphatic rings. The van der Waals surface area contributed by atoms with Gasteiger partial charge in [-0.25, -0.2) is 0 Å². The van der Waals surface area contributed by atoms with Crippen LogP contribution in [0.25, 0.3) is 6.08 Å². The van der Waals surface area contributed by atoms with E-state index in [0.29, 0.717) is 40.3 Å². The van der Waals surface area contributed by atoms with Gasteiger partial charge >= 0.3 is 0 Å². The quantitative estimate of drug-likeness (QED) is 0.315. The summed E-state index contributed by atoms with van der Waals surface area (Å²) in [7, 11) is 0. The van der Waals surface area contributed by atoms with Gasteiger partial charge in [0.15, 0.2) is 3.95 Å². The molecule has 0 atom stereocenters. The van der Waals surface area contributed by atoms with Crippen LogP contribution in [0.1, 0.15) is 4.88 Å². The number of hydrogen-bond donors (Lipinski definition) is 1. The first-order valence-electron chi connectivity index (χ1n) is 7.32. The normalized spacial score (nSPS) is 13.7. The molecule has 1 aromatic rings. The number of allylic oxidation sites excluding steroid dienone is 5. The van der Waals surface area contributed by atoms with Crippen LogP contribution >= 0.6 is 46.8 Å². The second-order valence-electron chi connectivity index (χ2n) is 5.11. The second-order valence-corrected chi connectivity index (χ2v) is 7.55. The number of rotatable bonds is 7. The lowest BCUT2D eigenvalue weighted by molar-refractivity contribution is -0.377. The lowest BCUT2D eigenvalue weighted by Gasteiger charge is -2.20. The summed E-state index contributed by atoms with van der Waals surface area (Å²) in [5.74, 6) is 0.968. The molecule has 25 heavy (non-hydrogen) atoms. The SMILES string of the molecule is [O-][N+]([O-])=C1C=CC(=Cc2sc(=S)n(CN(CCCl)CCCl)c2O)C=C1. The molecular weight excluding hydrogens is 405 g/mol. The Balaban J connectivity index is 2.24. The zero-order valence-electron chi connectivity index (χ0n) is 13.1. The molecule has 0 aromatic carbocycles. The van der Waals surface area contributed by atoms with Gasteiger partial charge in [-0.3, -0.25) is 9.47 Å². The summed E-state index contributed by atoms with van der Waals surface area (Å²) in [6.07, 6.45) is 7.82. The van der Waals surface area contributed by atoms with Gasteiger partial charge in [0.25, 0.3) is 0 Å². The second kappa shape index (κ2) is 9.40. The minimum Gasteiger partial charge on any atom is -0.612 e. The van der Waals surface area contributed by atoms with Crippen LogP contribution in [0.2, 0.25) is 0 Å². The third-order valence-corrected chi connectivity index (χ3v) is 5.16. The van der Waals surface area contributed by atoms with Crippen LogP contribution < -0.4 is 0 Å². The maximum atomic E-state index is 10.7. The third kappa shape index (κ3) is 5.32. The van der Waals surface area contributed by atoms with Gasteiger partial charge in [-0.05, 0) is 36.0 Å². The summed E-state index contributed by atoms with van der Waals surface area (Å²) in [4.78, 5) is 2.14. The standard InChI is InChI=1S/C15H16Cl2N3O3S2/c16-5-7-18(8-6-17)10-19-14(21)13(25-15(19)24)9-11-1-3-12(4-2-11)20(22)23/h1-4,9H,5-8,10H2,(H-,21,22,23)/q-1. The average Bonchev–Trinajstić information content (AvgIpc) is 2.83. The van der Waals surface area contributed by atoms with Crippen LogP contribution in [-0.2, 0) is 6.67 Å². The van der Waals surface area contributed by atoms with Crippen molar-refractivity contribution in [2.45, 2.75) is 6.67 Å². The van der Waals surface area contributed by atoms with Gasteiger partial charge in [0, 0.05) is 37.0 Å². The van der Waals surface area contributed by atoms with Crippen molar-refractivity contribution < 1.29 is 10.0 Å². The lowest BCUT2D eigenvalue weighted by Crippen LogP contribution is -2.30. The number of nitrogens with zero attached hydrogens (tertiary/aromatic N) is 3. The number of thiazole rings is 1. The van der Waals surface area contributed by atoms with E-state index >= 15 is 0 Å². The maximum Gasteiger partial charge on any atom is 0.222 e. The number of alkyl halides is 2. The first-order chi connectivity index (χ1) is 12.0. The molecule has 1 aromatic heterocycles. The van der Waals surface area contributed by atoms with E-state index in [0.717, 1.165) is 5.57 Å². The zero-order valence-corrected chi connectivity index (χ0v) is 16.2. The van der Waals surface area contributed by atoms with Crippen molar-refractivity contribution in [3.05, 3.63) is 49.1 Å². The van der Waals surface area contributed by atoms with E-state index in [9.17, 15) is 15.5 Å². The van der Waals surface area contributed by atoms with Crippen molar-refractivity contribution in [2.75, 3.05) is 24.8 Å². The largest absolute Gasteiger partial charge is 0.612 e. The summed E-state index contributed by atoms with van der Waals surface area (Å²) < 4.78 is 2.15. The van der Waals surface area contributed by atoms with E-state index < -0.39 is 4.90 Å². The summed E-state index contributed by atoms with van der Waals surface area (Å²) in [5, 5.41) is 31.9. The number of hydrogen-bond acceptors (Lipinski definition) is 6. The van der Waals surface area contributed by atoms with Crippen LogP contribution in [0.3, 0.4) is 0 Å². The van der Waals surface area contributed by atoms with E-state index in [1.54, 1.807) is 22.8 Å². The maximum absolute atomic E-state index is 10.7. The summed E-state index contributed by atoms with van der Waals surface area (Å²) in [5.41, 5.74) is 0.757.